The van der Waals surface area contributed by atoms with Gasteiger partial charge in [0.2, 0.25) is 5.91 Å². The van der Waals surface area contributed by atoms with Crippen LogP contribution in [0, 0.1) is 0 Å². The van der Waals surface area contributed by atoms with E-state index in [9.17, 15) is 9.59 Å². The lowest BCUT2D eigenvalue weighted by molar-refractivity contribution is -0.140. The highest BCUT2D eigenvalue weighted by Crippen LogP contribution is 2.17. The molecule has 3 amide bonds. The summed E-state index contributed by atoms with van der Waals surface area (Å²) in [5, 5.41) is 5.34. The van der Waals surface area contributed by atoms with Crippen LogP contribution in [0.25, 0.3) is 0 Å². The number of nitrogens with zero attached hydrogens (tertiary/aromatic N) is 1. The largest absolute Gasteiger partial charge is 0.351 e. The lowest BCUT2D eigenvalue weighted by atomic mass is 10.2. The van der Waals surface area contributed by atoms with E-state index < -0.39 is 18.6 Å². The molecule has 0 aliphatic carbocycles. The van der Waals surface area contributed by atoms with Crippen molar-refractivity contribution in [3.05, 3.63) is 29.8 Å². The molecule has 0 aliphatic heterocycles. The Morgan fingerprint density at radius 1 is 0.875 bits per heavy atom. The van der Waals surface area contributed by atoms with Gasteiger partial charge in [-0.05, 0) is 45.4 Å². The molecule has 182 valence electrons. The average Bonchev–Trinajstić information content (AvgIpc) is 2.80. The van der Waals surface area contributed by atoms with Crippen LogP contribution in [-0.4, -0.2) is 70.6 Å². The lowest BCUT2D eigenvalue weighted by Gasteiger charge is -2.28. The molecule has 32 heavy (non-hydrogen) atoms. The highest BCUT2D eigenvalue weighted by Gasteiger charge is 2.22. The molecule has 4 N–H and O–H groups in total. The minimum Gasteiger partial charge on any atom is -0.351 e. The number of carbonyl (C=O) groups excluding carboxylic acids is 2. The molecule has 1 rings (SSSR count). The molecule has 0 heterocycles. The van der Waals surface area contributed by atoms with Crippen LogP contribution in [0.4, 0.5) is 10.5 Å². The maximum absolute atomic E-state index is 12.9. The smallest absolute Gasteiger partial charge is 0.322 e. The van der Waals surface area contributed by atoms with Crippen LogP contribution in [-0.2, 0) is 30.3 Å². The van der Waals surface area contributed by atoms with Crippen molar-refractivity contribution in [2.24, 2.45) is 5.73 Å². The van der Waals surface area contributed by atoms with Crippen LogP contribution in [0.2, 0.25) is 0 Å². The van der Waals surface area contributed by atoms with Gasteiger partial charge in [-0.15, -0.1) is 0 Å². The molecular weight excluding hydrogens is 416 g/mol. The maximum atomic E-state index is 12.9. The van der Waals surface area contributed by atoms with Crippen LogP contribution in [0.5, 0.6) is 0 Å². The SMILES string of the molecule is CCOC(CNC(=O)CNC(=O)N(CC(OCC)OCC)c1ccc(CN)cc1)OCC. The first-order chi connectivity index (χ1) is 15.5. The first-order valence-corrected chi connectivity index (χ1v) is 11.1. The van der Waals surface area contributed by atoms with Crippen molar-refractivity contribution in [3.63, 3.8) is 0 Å². The summed E-state index contributed by atoms with van der Waals surface area (Å²) in [5.74, 6) is -0.354. The van der Waals surface area contributed by atoms with Crippen molar-refractivity contribution < 1.29 is 28.5 Å². The molecule has 0 radical (unpaired) electrons. The van der Waals surface area contributed by atoms with Gasteiger partial charge in [-0.25, -0.2) is 4.79 Å². The number of hydrogen-bond acceptors (Lipinski definition) is 7. The molecule has 10 nitrogen and oxygen atoms in total. The zero-order valence-electron chi connectivity index (χ0n) is 19.6. The number of urea groups is 1. The Labute approximate surface area is 190 Å². The fourth-order valence-electron chi connectivity index (χ4n) is 2.84. The van der Waals surface area contributed by atoms with Gasteiger partial charge in [0.25, 0.3) is 0 Å². The Morgan fingerprint density at radius 3 is 1.91 bits per heavy atom. The first-order valence-electron chi connectivity index (χ1n) is 11.1. The van der Waals surface area contributed by atoms with Crippen LogP contribution >= 0.6 is 0 Å². The van der Waals surface area contributed by atoms with Gasteiger partial charge in [0, 0.05) is 38.7 Å². The van der Waals surface area contributed by atoms with Crippen LogP contribution in [0.3, 0.4) is 0 Å². The molecule has 0 aromatic heterocycles. The summed E-state index contributed by atoms with van der Waals surface area (Å²) in [7, 11) is 0. The van der Waals surface area contributed by atoms with E-state index in [1.807, 2.05) is 39.8 Å². The van der Waals surface area contributed by atoms with Gasteiger partial charge in [0.05, 0.1) is 19.6 Å². The van der Waals surface area contributed by atoms with Gasteiger partial charge in [0.15, 0.2) is 12.6 Å². The topological polar surface area (TPSA) is 124 Å². The summed E-state index contributed by atoms with van der Waals surface area (Å²) in [5.41, 5.74) is 7.25. The molecule has 0 spiro atoms. The Hall–Kier alpha value is -2.24. The minimum absolute atomic E-state index is 0.161. The molecule has 10 heteroatoms. The summed E-state index contributed by atoms with van der Waals surface area (Å²) in [6.07, 6.45) is -1.13. The van der Waals surface area contributed by atoms with Crippen molar-refractivity contribution in [3.8, 4) is 0 Å². The van der Waals surface area contributed by atoms with Crippen molar-refractivity contribution in [1.82, 2.24) is 10.6 Å². The zero-order chi connectivity index (χ0) is 23.8. The molecule has 1 aromatic carbocycles. The summed E-state index contributed by atoms with van der Waals surface area (Å²) >= 11 is 0. The third-order valence-corrected chi connectivity index (χ3v) is 4.34. The number of ether oxygens (including phenoxy) is 4. The Balaban J connectivity index is 2.78. The van der Waals surface area contributed by atoms with E-state index in [4.69, 9.17) is 24.7 Å². The average molecular weight is 455 g/mol. The number of amides is 3. The summed E-state index contributed by atoms with van der Waals surface area (Å²) < 4.78 is 22.0. The number of nitrogens with one attached hydrogen (secondary N) is 2. The molecule has 0 fully saturated rings. The minimum atomic E-state index is -0.600. The third-order valence-electron chi connectivity index (χ3n) is 4.34. The summed E-state index contributed by atoms with van der Waals surface area (Å²) in [6.45, 7) is 9.78. The second kappa shape index (κ2) is 16.4. The molecule has 0 atom stereocenters. The van der Waals surface area contributed by atoms with Gasteiger partial charge in [-0.2, -0.15) is 0 Å². The molecule has 0 saturated carbocycles. The fourth-order valence-corrected chi connectivity index (χ4v) is 2.84. The number of carbonyl (C=O) groups is 2. The van der Waals surface area contributed by atoms with E-state index in [1.165, 1.54) is 4.90 Å². The lowest BCUT2D eigenvalue weighted by Crippen LogP contribution is -2.48. The Morgan fingerprint density at radius 2 is 1.41 bits per heavy atom. The Bertz CT molecular complexity index is 646. The van der Waals surface area contributed by atoms with Crippen molar-refractivity contribution >= 4 is 17.6 Å². The highest BCUT2D eigenvalue weighted by molar-refractivity contribution is 5.94. The van der Waals surface area contributed by atoms with E-state index in [1.54, 1.807) is 12.1 Å². The molecular formula is C22H38N4O6. The van der Waals surface area contributed by atoms with Crippen LogP contribution < -0.4 is 21.3 Å². The second-order valence-electron chi connectivity index (χ2n) is 6.62. The monoisotopic (exact) mass is 454 g/mol. The zero-order valence-corrected chi connectivity index (χ0v) is 19.6. The number of rotatable bonds is 16. The first kappa shape index (κ1) is 27.8. The highest BCUT2D eigenvalue weighted by atomic mass is 16.7. The van der Waals surface area contributed by atoms with E-state index >= 15 is 0 Å². The fraction of sp³-hybridized carbons (Fsp3) is 0.636. The standard InChI is InChI=1S/C22H38N4O6/c1-5-29-20(30-6-2)15-24-19(27)14-25-22(28)26(16-21(31-7-3)32-8-4)18-11-9-17(13-23)10-12-18/h9-12,20-21H,5-8,13-16,23H2,1-4H3,(H,24,27)(H,25,28). The molecule has 1 aromatic rings. The molecule has 0 saturated heterocycles. The van der Waals surface area contributed by atoms with E-state index in [0.717, 1.165) is 5.56 Å². The summed E-state index contributed by atoms with van der Waals surface area (Å²) in [4.78, 5) is 26.6. The van der Waals surface area contributed by atoms with Crippen molar-refractivity contribution in [2.75, 3.05) is 51.0 Å². The van der Waals surface area contributed by atoms with E-state index in [-0.39, 0.29) is 25.5 Å². The molecule has 0 aliphatic rings. The van der Waals surface area contributed by atoms with Gasteiger partial charge >= 0.3 is 6.03 Å². The number of nitrogens with two attached hydrogens (primary N) is 1. The van der Waals surface area contributed by atoms with Gasteiger partial charge in [0.1, 0.15) is 0 Å². The van der Waals surface area contributed by atoms with Crippen LogP contribution in [0.1, 0.15) is 33.3 Å². The molecule has 0 unspecified atom stereocenters. The predicted molar refractivity (Wildman–Crippen MR) is 122 cm³/mol. The predicted octanol–water partition coefficient (Wildman–Crippen LogP) is 1.58. The van der Waals surface area contributed by atoms with E-state index in [2.05, 4.69) is 10.6 Å². The Kier molecular flexibility index (Phi) is 14.2. The quantitative estimate of drug-likeness (QED) is 0.324. The summed E-state index contributed by atoms with van der Waals surface area (Å²) in [6, 6.07) is 6.84. The van der Waals surface area contributed by atoms with Gasteiger partial charge in [-0.3, -0.25) is 9.69 Å². The number of anilines is 1. The number of benzene rings is 1. The van der Waals surface area contributed by atoms with E-state index in [0.29, 0.717) is 38.7 Å². The number of hydrogen-bond donors (Lipinski definition) is 3. The van der Waals surface area contributed by atoms with Crippen molar-refractivity contribution in [1.29, 1.82) is 0 Å². The second-order valence-corrected chi connectivity index (χ2v) is 6.62. The normalized spacial score (nSPS) is 11.1. The molecule has 0 bridgehead atoms. The van der Waals surface area contributed by atoms with Crippen LogP contribution in [0.15, 0.2) is 24.3 Å². The van der Waals surface area contributed by atoms with Gasteiger partial charge in [-0.1, -0.05) is 12.1 Å². The van der Waals surface area contributed by atoms with Gasteiger partial charge < -0.3 is 35.3 Å². The maximum Gasteiger partial charge on any atom is 0.322 e. The third kappa shape index (κ3) is 10.4. The van der Waals surface area contributed by atoms with Crippen molar-refractivity contribution in [2.45, 2.75) is 46.8 Å².